The number of carboxylic acid groups (broad SMARTS) is 1. The van der Waals surface area contributed by atoms with Crippen LogP contribution in [0.1, 0.15) is 32.0 Å². The first-order chi connectivity index (χ1) is 7.87. The Morgan fingerprint density at radius 1 is 1.47 bits per heavy atom. The molecule has 1 N–H and O–H groups in total. The molecule has 94 valence electrons. The Kier molecular flexibility index (Phi) is 4.23. The standard InChI is InChI=1S/C13H20N2O2/c1-5-15(13(3,4)12(16)17)9-11-7-6-10(2)14-8-11/h6-8H,5,9H2,1-4H3,(H,16,17). The molecule has 0 aliphatic rings. The largest absolute Gasteiger partial charge is 0.480 e. The molecule has 4 heteroatoms. The zero-order chi connectivity index (χ0) is 13.1. The van der Waals surface area contributed by atoms with E-state index in [1.165, 1.54) is 0 Å². The summed E-state index contributed by atoms with van der Waals surface area (Å²) in [6.45, 7) is 8.63. The molecular weight excluding hydrogens is 216 g/mol. The van der Waals surface area contributed by atoms with Crippen molar-refractivity contribution in [2.75, 3.05) is 6.54 Å². The van der Waals surface area contributed by atoms with Crippen molar-refractivity contribution < 1.29 is 9.90 Å². The third-order valence-corrected chi connectivity index (χ3v) is 3.04. The molecule has 0 saturated carbocycles. The van der Waals surface area contributed by atoms with Crippen LogP contribution in [0.4, 0.5) is 0 Å². The number of hydrogen-bond donors (Lipinski definition) is 1. The van der Waals surface area contributed by atoms with Crippen molar-refractivity contribution in [3.8, 4) is 0 Å². The van der Waals surface area contributed by atoms with Crippen molar-refractivity contribution in [2.24, 2.45) is 0 Å². The Balaban J connectivity index is 2.83. The van der Waals surface area contributed by atoms with Gasteiger partial charge >= 0.3 is 5.97 Å². The highest BCUT2D eigenvalue weighted by Gasteiger charge is 2.33. The number of pyridine rings is 1. The summed E-state index contributed by atoms with van der Waals surface area (Å²) < 4.78 is 0. The maximum Gasteiger partial charge on any atom is 0.323 e. The first kappa shape index (κ1) is 13.6. The molecular formula is C13H20N2O2. The minimum atomic E-state index is -0.861. The summed E-state index contributed by atoms with van der Waals surface area (Å²) in [7, 11) is 0. The number of aromatic nitrogens is 1. The van der Waals surface area contributed by atoms with Crippen LogP contribution in [0.5, 0.6) is 0 Å². The van der Waals surface area contributed by atoms with E-state index in [2.05, 4.69) is 4.98 Å². The predicted octanol–water partition coefficient (Wildman–Crippen LogP) is 2.08. The van der Waals surface area contributed by atoms with Crippen molar-refractivity contribution >= 4 is 5.97 Å². The van der Waals surface area contributed by atoms with E-state index in [-0.39, 0.29) is 0 Å². The van der Waals surface area contributed by atoms with E-state index in [1.807, 2.05) is 30.9 Å². The molecule has 0 atom stereocenters. The van der Waals surface area contributed by atoms with Crippen molar-refractivity contribution in [1.82, 2.24) is 9.88 Å². The van der Waals surface area contributed by atoms with Crippen LogP contribution in [-0.2, 0) is 11.3 Å². The third kappa shape index (κ3) is 3.27. The maximum atomic E-state index is 11.2. The van der Waals surface area contributed by atoms with E-state index in [0.29, 0.717) is 13.1 Å². The topological polar surface area (TPSA) is 53.4 Å². The fourth-order valence-corrected chi connectivity index (χ4v) is 1.65. The molecule has 0 aliphatic heterocycles. The van der Waals surface area contributed by atoms with Crippen molar-refractivity contribution in [1.29, 1.82) is 0 Å². The highest BCUT2D eigenvalue weighted by atomic mass is 16.4. The minimum Gasteiger partial charge on any atom is -0.480 e. The van der Waals surface area contributed by atoms with Crippen molar-refractivity contribution in [2.45, 2.75) is 39.8 Å². The van der Waals surface area contributed by atoms with Gasteiger partial charge in [-0.15, -0.1) is 0 Å². The molecule has 1 aromatic heterocycles. The fourth-order valence-electron chi connectivity index (χ4n) is 1.65. The minimum absolute atomic E-state index is 0.600. The molecule has 0 radical (unpaired) electrons. The van der Waals surface area contributed by atoms with E-state index in [9.17, 15) is 9.90 Å². The summed E-state index contributed by atoms with van der Waals surface area (Å²) in [6.07, 6.45) is 1.80. The summed E-state index contributed by atoms with van der Waals surface area (Å²) in [4.78, 5) is 17.3. The second-order valence-electron chi connectivity index (χ2n) is 4.69. The van der Waals surface area contributed by atoms with Crippen LogP contribution in [0.3, 0.4) is 0 Å². The number of aliphatic carboxylic acids is 1. The van der Waals surface area contributed by atoms with Crippen LogP contribution in [0, 0.1) is 6.92 Å². The van der Waals surface area contributed by atoms with Gasteiger partial charge in [0.2, 0.25) is 0 Å². The highest BCUT2D eigenvalue weighted by Crippen LogP contribution is 2.17. The van der Waals surface area contributed by atoms with Gasteiger partial charge in [-0.25, -0.2) is 0 Å². The summed E-state index contributed by atoms with van der Waals surface area (Å²) in [5, 5.41) is 9.21. The average Bonchev–Trinajstić information content (AvgIpc) is 2.27. The summed E-state index contributed by atoms with van der Waals surface area (Å²) in [5.41, 5.74) is 1.14. The fraction of sp³-hybridized carbons (Fsp3) is 0.538. The zero-order valence-corrected chi connectivity index (χ0v) is 10.9. The lowest BCUT2D eigenvalue weighted by molar-refractivity contribution is -0.149. The van der Waals surface area contributed by atoms with Crippen LogP contribution in [0.25, 0.3) is 0 Å². The van der Waals surface area contributed by atoms with Crippen LogP contribution >= 0.6 is 0 Å². The van der Waals surface area contributed by atoms with Crippen LogP contribution < -0.4 is 0 Å². The molecule has 0 aromatic carbocycles. The Bertz CT molecular complexity index is 385. The molecule has 4 nitrogen and oxygen atoms in total. The molecule has 0 unspecified atom stereocenters. The quantitative estimate of drug-likeness (QED) is 0.850. The Hall–Kier alpha value is -1.42. The molecule has 1 heterocycles. The van der Waals surface area contributed by atoms with Gasteiger partial charge < -0.3 is 5.11 Å². The third-order valence-electron chi connectivity index (χ3n) is 3.04. The van der Waals surface area contributed by atoms with Gasteiger partial charge in [0.05, 0.1) is 0 Å². The van der Waals surface area contributed by atoms with Crippen molar-refractivity contribution in [3.05, 3.63) is 29.6 Å². The van der Waals surface area contributed by atoms with Gasteiger partial charge in [-0.3, -0.25) is 14.7 Å². The number of carbonyl (C=O) groups is 1. The number of carboxylic acids is 1. The van der Waals surface area contributed by atoms with Gasteiger partial charge in [0, 0.05) is 18.4 Å². The Morgan fingerprint density at radius 3 is 2.53 bits per heavy atom. The van der Waals surface area contributed by atoms with Crippen molar-refractivity contribution in [3.63, 3.8) is 0 Å². The summed E-state index contributed by atoms with van der Waals surface area (Å²) >= 11 is 0. The second-order valence-corrected chi connectivity index (χ2v) is 4.69. The zero-order valence-electron chi connectivity index (χ0n) is 10.9. The summed E-state index contributed by atoms with van der Waals surface area (Å²) in [5.74, 6) is -0.806. The smallest absolute Gasteiger partial charge is 0.323 e. The summed E-state index contributed by atoms with van der Waals surface area (Å²) in [6, 6.07) is 3.93. The molecule has 1 aromatic rings. The molecule has 0 amide bonds. The van der Waals surface area contributed by atoms with E-state index in [4.69, 9.17) is 0 Å². The molecule has 0 bridgehead atoms. The highest BCUT2D eigenvalue weighted by molar-refractivity contribution is 5.77. The number of hydrogen-bond acceptors (Lipinski definition) is 3. The predicted molar refractivity (Wildman–Crippen MR) is 66.8 cm³/mol. The van der Waals surface area contributed by atoms with Gasteiger partial charge in [0.1, 0.15) is 5.54 Å². The number of nitrogens with zero attached hydrogens (tertiary/aromatic N) is 2. The Labute approximate surface area is 102 Å². The first-order valence-corrected chi connectivity index (χ1v) is 5.78. The lowest BCUT2D eigenvalue weighted by Gasteiger charge is -2.34. The normalized spacial score (nSPS) is 11.8. The van der Waals surface area contributed by atoms with Crippen LogP contribution in [0.15, 0.2) is 18.3 Å². The van der Waals surface area contributed by atoms with Gasteiger partial charge in [-0.1, -0.05) is 13.0 Å². The second kappa shape index (κ2) is 5.27. The van der Waals surface area contributed by atoms with E-state index in [1.54, 1.807) is 20.0 Å². The van der Waals surface area contributed by atoms with Gasteiger partial charge in [-0.2, -0.15) is 0 Å². The van der Waals surface area contributed by atoms with E-state index < -0.39 is 11.5 Å². The first-order valence-electron chi connectivity index (χ1n) is 5.78. The number of rotatable bonds is 5. The van der Waals surface area contributed by atoms with Gasteiger partial charge in [-0.05, 0) is 38.9 Å². The molecule has 17 heavy (non-hydrogen) atoms. The molecule has 0 aliphatic carbocycles. The van der Waals surface area contributed by atoms with Crippen LogP contribution in [-0.4, -0.2) is 33.0 Å². The van der Waals surface area contributed by atoms with E-state index >= 15 is 0 Å². The average molecular weight is 236 g/mol. The molecule has 0 fully saturated rings. The van der Waals surface area contributed by atoms with E-state index in [0.717, 1.165) is 11.3 Å². The SMILES string of the molecule is CCN(Cc1ccc(C)nc1)C(C)(C)C(=O)O. The molecule has 0 saturated heterocycles. The Morgan fingerprint density at radius 2 is 2.12 bits per heavy atom. The van der Waals surface area contributed by atoms with Gasteiger partial charge in [0.15, 0.2) is 0 Å². The van der Waals surface area contributed by atoms with Gasteiger partial charge in [0.25, 0.3) is 0 Å². The monoisotopic (exact) mass is 236 g/mol. The lowest BCUT2D eigenvalue weighted by atomic mass is 10.0. The molecule has 0 spiro atoms. The molecule has 1 rings (SSSR count). The maximum absolute atomic E-state index is 11.2. The number of aryl methyl sites for hydroxylation is 1. The number of likely N-dealkylation sites (N-methyl/N-ethyl adjacent to an activating group) is 1. The van der Waals surface area contributed by atoms with Crippen LogP contribution in [0.2, 0.25) is 0 Å². The lowest BCUT2D eigenvalue weighted by Crippen LogP contribution is -2.49.